The van der Waals surface area contributed by atoms with E-state index in [2.05, 4.69) is 54.2 Å². The van der Waals surface area contributed by atoms with Crippen LogP contribution in [0.4, 0.5) is 0 Å². The predicted octanol–water partition coefficient (Wildman–Crippen LogP) is 3.57. The lowest BCUT2D eigenvalue weighted by Crippen LogP contribution is -2.13. The molecule has 0 aliphatic heterocycles. The van der Waals surface area contributed by atoms with Gasteiger partial charge in [-0.05, 0) is 48.5 Å². The van der Waals surface area contributed by atoms with E-state index >= 15 is 0 Å². The third-order valence-electron chi connectivity index (χ3n) is 3.42. The van der Waals surface area contributed by atoms with Crippen molar-refractivity contribution in [2.24, 2.45) is 0 Å². The summed E-state index contributed by atoms with van der Waals surface area (Å²) in [6, 6.07) is 8.91. The number of ether oxygens (including phenoxy) is 1. The molecule has 0 spiro atoms. The standard InChI is InChI=1S/C17H26N2O/c1-3-8-18-14-15-5-6-17-16(13-15)7-9-19(17)10-12-20-11-4-2/h5-7,9,13,18H,3-4,8,10-12,14H2,1-2H3. The van der Waals surface area contributed by atoms with Crippen LogP contribution >= 0.6 is 0 Å². The highest BCUT2D eigenvalue weighted by Crippen LogP contribution is 2.17. The summed E-state index contributed by atoms with van der Waals surface area (Å²) in [5.41, 5.74) is 2.65. The van der Waals surface area contributed by atoms with Gasteiger partial charge < -0.3 is 14.6 Å². The third kappa shape index (κ3) is 4.09. The highest BCUT2D eigenvalue weighted by Gasteiger charge is 2.02. The van der Waals surface area contributed by atoms with Gasteiger partial charge in [0.05, 0.1) is 6.61 Å². The predicted molar refractivity (Wildman–Crippen MR) is 85.0 cm³/mol. The molecule has 2 aromatic rings. The molecule has 0 atom stereocenters. The minimum Gasteiger partial charge on any atom is -0.380 e. The van der Waals surface area contributed by atoms with Gasteiger partial charge in [-0.25, -0.2) is 0 Å². The number of hydrogen-bond donors (Lipinski definition) is 1. The first-order valence-corrected chi connectivity index (χ1v) is 7.71. The topological polar surface area (TPSA) is 26.2 Å². The van der Waals surface area contributed by atoms with Gasteiger partial charge in [0.2, 0.25) is 0 Å². The van der Waals surface area contributed by atoms with Crippen LogP contribution in [0.15, 0.2) is 30.5 Å². The molecule has 0 saturated heterocycles. The number of nitrogens with zero attached hydrogens (tertiary/aromatic N) is 1. The molecule has 1 aromatic carbocycles. The third-order valence-corrected chi connectivity index (χ3v) is 3.42. The summed E-state index contributed by atoms with van der Waals surface area (Å²) >= 11 is 0. The molecule has 110 valence electrons. The van der Waals surface area contributed by atoms with Crippen molar-refractivity contribution in [1.82, 2.24) is 9.88 Å². The number of fused-ring (bicyclic) bond motifs is 1. The molecule has 0 unspecified atom stereocenters. The molecule has 3 heteroatoms. The van der Waals surface area contributed by atoms with Crippen molar-refractivity contribution in [2.75, 3.05) is 19.8 Å². The number of aromatic nitrogens is 1. The molecule has 0 aliphatic carbocycles. The average molecular weight is 274 g/mol. The lowest BCUT2D eigenvalue weighted by atomic mass is 10.1. The molecule has 20 heavy (non-hydrogen) atoms. The molecule has 0 aliphatic rings. The van der Waals surface area contributed by atoms with Gasteiger partial charge >= 0.3 is 0 Å². The molecule has 0 amide bonds. The monoisotopic (exact) mass is 274 g/mol. The summed E-state index contributed by atoms with van der Waals surface area (Å²) in [7, 11) is 0. The van der Waals surface area contributed by atoms with Crippen LogP contribution in [0.2, 0.25) is 0 Å². The summed E-state index contributed by atoms with van der Waals surface area (Å²) in [4.78, 5) is 0. The molecule has 1 aromatic heterocycles. The van der Waals surface area contributed by atoms with Crippen LogP contribution in [0.3, 0.4) is 0 Å². The van der Waals surface area contributed by atoms with Crippen LogP contribution in [0.25, 0.3) is 10.9 Å². The molecular formula is C17H26N2O. The van der Waals surface area contributed by atoms with Gasteiger partial charge in [0, 0.05) is 31.4 Å². The van der Waals surface area contributed by atoms with Crippen molar-refractivity contribution in [2.45, 2.75) is 39.8 Å². The fraction of sp³-hybridized carbons (Fsp3) is 0.529. The van der Waals surface area contributed by atoms with Crippen LogP contribution < -0.4 is 5.32 Å². The summed E-state index contributed by atoms with van der Waals surface area (Å²) in [5.74, 6) is 0. The minimum absolute atomic E-state index is 0.789. The summed E-state index contributed by atoms with van der Waals surface area (Å²) in [5, 5.41) is 4.76. The van der Waals surface area contributed by atoms with E-state index in [1.807, 2.05) is 0 Å². The van der Waals surface area contributed by atoms with E-state index in [1.54, 1.807) is 0 Å². The van der Waals surface area contributed by atoms with Gasteiger partial charge in [-0.1, -0.05) is 19.9 Å². The van der Waals surface area contributed by atoms with Crippen molar-refractivity contribution >= 4 is 10.9 Å². The van der Waals surface area contributed by atoms with Crippen molar-refractivity contribution in [1.29, 1.82) is 0 Å². The van der Waals surface area contributed by atoms with Crippen molar-refractivity contribution < 1.29 is 4.74 Å². The average Bonchev–Trinajstić information content (AvgIpc) is 2.86. The second-order valence-corrected chi connectivity index (χ2v) is 5.19. The number of benzene rings is 1. The van der Waals surface area contributed by atoms with Crippen LogP contribution in [0, 0.1) is 0 Å². The lowest BCUT2D eigenvalue weighted by molar-refractivity contribution is 0.127. The second kappa shape index (κ2) is 8.08. The maximum Gasteiger partial charge on any atom is 0.0645 e. The van der Waals surface area contributed by atoms with Crippen LogP contribution in [-0.4, -0.2) is 24.3 Å². The Morgan fingerprint density at radius 3 is 2.80 bits per heavy atom. The first-order chi connectivity index (χ1) is 9.85. The Labute approximate surface area is 121 Å². The highest BCUT2D eigenvalue weighted by atomic mass is 16.5. The number of rotatable bonds is 9. The number of hydrogen-bond acceptors (Lipinski definition) is 2. The lowest BCUT2D eigenvalue weighted by Gasteiger charge is -2.07. The Kier molecular flexibility index (Phi) is 6.09. The molecule has 0 radical (unpaired) electrons. The molecule has 1 heterocycles. The molecular weight excluding hydrogens is 248 g/mol. The van der Waals surface area contributed by atoms with E-state index in [-0.39, 0.29) is 0 Å². The van der Waals surface area contributed by atoms with E-state index < -0.39 is 0 Å². The first-order valence-electron chi connectivity index (χ1n) is 7.71. The van der Waals surface area contributed by atoms with Gasteiger partial charge in [-0.2, -0.15) is 0 Å². The van der Waals surface area contributed by atoms with E-state index in [1.165, 1.54) is 22.9 Å². The first kappa shape index (κ1) is 15.1. The Hall–Kier alpha value is -1.32. The van der Waals surface area contributed by atoms with Crippen molar-refractivity contribution in [3.05, 3.63) is 36.0 Å². The molecule has 0 fully saturated rings. The highest BCUT2D eigenvalue weighted by molar-refractivity contribution is 5.80. The summed E-state index contributed by atoms with van der Waals surface area (Å²) in [6.07, 6.45) is 4.42. The zero-order valence-electron chi connectivity index (χ0n) is 12.7. The minimum atomic E-state index is 0.789. The second-order valence-electron chi connectivity index (χ2n) is 5.19. The van der Waals surface area contributed by atoms with Crippen molar-refractivity contribution in [3.63, 3.8) is 0 Å². The molecule has 0 saturated carbocycles. The van der Waals surface area contributed by atoms with Crippen LogP contribution in [-0.2, 0) is 17.8 Å². The zero-order valence-corrected chi connectivity index (χ0v) is 12.7. The van der Waals surface area contributed by atoms with E-state index in [0.717, 1.165) is 39.3 Å². The zero-order chi connectivity index (χ0) is 14.2. The SMILES string of the molecule is CCCNCc1ccc2c(ccn2CCOCCC)c1. The van der Waals surface area contributed by atoms with Crippen LogP contribution in [0.5, 0.6) is 0 Å². The molecule has 0 bridgehead atoms. The smallest absolute Gasteiger partial charge is 0.0645 e. The van der Waals surface area contributed by atoms with E-state index in [9.17, 15) is 0 Å². The molecule has 2 rings (SSSR count). The Morgan fingerprint density at radius 1 is 1.10 bits per heavy atom. The maximum atomic E-state index is 5.56. The fourth-order valence-electron chi connectivity index (χ4n) is 2.37. The van der Waals surface area contributed by atoms with E-state index in [4.69, 9.17) is 4.74 Å². The summed E-state index contributed by atoms with van der Waals surface area (Å²) < 4.78 is 7.84. The van der Waals surface area contributed by atoms with Gasteiger partial charge in [-0.3, -0.25) is 0 Å². The Bertz CT molecular complexity index is 519. The van der Waals surface area contributed by atoms with Crippen LogP contribution in [0.1, 0.15) is 32.3 Å². The fourth-order valence-corrected chi connectivity index (χ4v) is 2.37. The molecule has 1 N–H and O–H groups in total. The normalized spacial score (nSPS) is 11.3. The van der Waals surface area contributed by atoms with Gasteiger partial charge in [0.15, 0.2) is 0 Å². The van der Waals surface area contributed by atoms with E-state index in [0.29, 0.717) is 0 Å². The molecule has 3 nitrogen and oxygen atoms in total. The Morgan fingerprint density at radius 2 is 2.00 bits per heavy atom. The summed E-state index contributed by atoms with van der Waals surface area (Å²) in [6.45, 7) is 8.93. The van der Waals surface area contributed by atoms with Gasteiger partial charge in [0.25, 0.3) is 0 Å². The van der Waals surface area contributed by atoms with Gasteiger partial charge in [-0.15, -0.1) is 0 Å². The van der Waals surface area contributed by atoms with Gasteiger partial charge in [0.1, 0.15) is 0 Å². The quantitative estimate of drug-likeness (QED) is 0.708. The Balaban J connectivity index is 1.97. The van der Waals surface area contributed by atoms with Crippen molar-refractivity contribution in [3.8, 4) is 0 Å². The maximum absolute atomic E-state index is 5.56. The largest absolute Gasteiger partial charge is 0.380 e. The number of nitrogens with one attached hydrogen (secondary N) is 1.